The Hall–Kier alpha value is -3.17. The molecule has 2 heterocycles. The third-order valence-corrected chi connectivity index (χ3v) is 5.65. The molecule has 0 saturated heterocycles. The molecule has 0 bridgehead atoms. The maximum Gasteiger partial charge on any atom is 0.435 e. The van der Waals surface area contributed by atoms with Crippen LogP contribution in [0.4, 0.5) is 17.6 Å². The first kappa shape index (κ1) is 24.0. The van der Waals surface area contributed by atoms with E-state index in [4.69, 9.17) is 28.0 Å². The summed E-state index contributed by atoms with van der Waals surface area (Å²) in [6.07, 6.45) is -4.06. The van der Waals surface area contributed by atoms with Crippen LogP contribution in [0.25, 0.3) is 0 Å². The molecule has 1 atom stereocenters. The molecule has 5 nitrogen and oxygen atoms in total. The van der Waals surface area contributed by atoms with Crippen LogP contribution in [0.1, 0.15) is 33.6 Å². The van der Waals surface area contributed by atoms with Crippen LogP contribution in [-0.4, -0.2) is 22.8 Å². The molecule has 0 spiro atoms. The van der Waals surface area contributed by atoms with E-state index < -0.39 is 29.9 Å². The second-order valence-electron chi connectivity index (χ2n) is 7.49. The fourth-order valence-electron chi connectivity index (χ4n) is 3.49. The van der Waals surface area contributed by atoms with E-state index in [0.29, 0.717) is 5.69 Å². The SMILES string of the molecule is O=C(NCc1ccccn1)c1ccc(C2=NOC(c3cc(Cl)cc(Cl)c3)(C(F)(F)F)C2)cc1F. The van der Waals surface area contributed by atoms with Crippen LogP contribution < -0.4 is 5.32 Å². The molecule has 1 amide bonds. The zero-order valence-electron chi connectivity index (χ0n) is 17.2. The van der Waals surface area contributed by atoms with Gasteiger partial charge in [0.15, 0.2) is 0 Å². The van der Waals surface area contributed by atoms with Crippen molar-refractivity contribution >= 4 is 34.8 Å². The van der Waals surface area contributed by atoms with Gasteiger partial charge in [0.05, 0.1) is 23.5 Å². The van der Waals surface area contributed by atoms with E-state index in [9.17, 15) is 22.4 Å². The van der Waals surface area contributed by atoms with Crippen molar-refractivity contribution in [1.29, 1.82) is 0 Å². The second kappa shape index (κ2) is 9.23. The van der Waals surface area contributed by atoms with Crippen molar-refractivity contribution in [3.8, 4) is 0 Å². The number of amides is 1. The van der Waals surface area contributed by atoms with Gasteiger partial charge in [-0.15, -0.1) is 0 Å². The molecule has 2 aromatic carbocycles. The van der Waals surface area contributed by atoms with E-state index in [1.807, 2.05) is 0 Å². The number of carbonyl (C=O) groups is 1. The predicted octanol–water partition coefficient (Wildman–Crippen LogP) is 6.04. The first-order chi connectivity index (χ1) is 16.1. The Balaban J connectivity index is 1.56. The fraction of sp³-hybridized carbons (Fsp3) is 0.174. The quantitative estimate of drug-likeness (QED) is 0.424. The van der Waals surface area contributed by atoms with Crippen LogP contribution in [0.2, 0.25) is 10.0 Å². The average molecular weight is 512 g/mol. The van der Waals surface area contributed by atoms with Crippen LogP contribution in [0.3, 0.4) is 0 Å². The van der Waals surface area contributed by atoms with Gasteiger partial charge in [-0.1, -0.05) is 40.5 Å². The maximum absolute atomic E-state index is 14.7. The molecular weight excluding hydrogens is 497 g/mol. The number of halogens is 6. The van der Waals surface area contributed by atoms with Crippen molar-refractivity contribution in [2.75, 3.05) is 0 Å². The Bertz CT molecular complexity index is 1250. The molecule has 1 N–H and O–H groups in total. The fourth-order valence-corrected chi connectivity index (χ4v) is 4.02. The highest BCUT2D eigenvalue weighted by Gasteiger charge is 2.62. The molecule has 4 rings (SSSR count). The van der Waals surface area contributed by atoms with Gasteiger partial charge in [0, 0.05) is 33.8 Å². The van der Waals surface area contributed by atoms with Crippen molar-refractivity contribution in [3.05, 3.63) is 99.0 Å². The molecule has 0 aliphatic carbocycles. The van der Waals surface area contributed by atoms with Crippen molar-refractivity contribution in [2.45, 2.75) is 24.7 Å². The van der Waals surface area contributed by atoms with Gasteiger partial charge >= 0.3 is 6.18 Å². The van der Waals surface area contributed by atoms with Crippen LogP contribution >= 0.6 is 23.2 Å². The minimum absolute atomic E-state index is 0.00436. The molecule has 1 aromatic heterocycles. The first-order valence-electron chi connectivity index (χ1n) is 9.85. The molecular formula is C23H15Cl2F4N3O2. The lowest BCUT2D eigenvalue weighted by molar-refractivity contribution is -0.275. The topological polar surface area (TPSA) is 63.6 Å². The van der Waals surface area contributed by atoms with Crippen molar-refractivity contribution < 1.29 is 27.2 Å². The van der Waals surface area contributed by atoms with E-state index in [2.05, 4.69) is 15.5 Å². The van der Waals surface area contributed by atoms with E-state index in [1.165, 1.54) is 18.2 Å². The summed E-state index contributed by atoms with van der Waals surface area (Å²) in [5, 5.41) is 6.12. The lowest BCUT2D eigenvalue weighted by atomic mass is 9.86. The van der Waals surface area contributed by atoms with Crippen LogP contribution in [0.5, 0.6) is 0 Å². The van der Waals surface area contributed by atoms with Gasteiger partial charge in [-0.05, 0) is 42.5 Å². The number of hydrogen-bond acceptors (Lipinski definition) is 4. The number of alkyl halides is 3. The van der Waals surface area contributed by atoms with Crippen LogP contribution in [0.15, 0.2) is 65.9 Å². The lowest BCUT2D eigenvalue weighted by Crippen LogP contribution is -2.42. The first-order valence-corrected chi connectivity index (χ1v) is 10.6. The molecule has 176 valence electrons. The standard InChI is InChI=1S/C23H15Cl2F4N3O2/c24-15-8-14(9-16(25)10-15)22(23(27,28)29)11-20(32-34-22)13-4-5-18(19(26)7-13)21(33)31-12-17-3-1-2-6-30-17/h1-10H,11-12H2,(H,31,33). The Morgan fingerprint density at radius 3 is 2.44 bits per heavy atom. The minimum Gasteiger partial charge on any atom is -0.374 e. The van der Waals surface area contributed by atoms with Gasteiger partial charge in [-0.3, -0.25) is 9.78 Å². The lowest BCUT2D eigenvalue weighted by Gasteiger charge is -2.29. The number of pyridine rings is 1. The number of carbonyl (C=O) groups excluding carboxylic acids is 1. The van der Waals surface area contributed by atoms with Gasteiger partial charge in [-0.25, -0.2) is 4.39 Å². The summed E-state index contributed by atoms with van der Waals surface area (Å²) in [6.45, 7) is 0.0811. The highest BCUT2D eigenvalue weighted by Crippen LogP contribution is 2.49. The zero-order valence-corrected chi connectivity index (χ0v) is 18.7. The Morgan fingerprint density at radius 2 is 1.82 bits per heavy atom. The smallest absolute Gasteiger partial charge is 0.374 e. The van der Waals surface area contributed by atoms with E-state index >= 15 is 0 Å². The van der Waals surface area contributed by atoms with Crippen molar-refractivity contribution in [3.63, 3.8) is 0 Å². The van der Waals surface area contributed by atoms with E-state index in [-0.39, 0.29) is 39.0 Å². The molecule has 34 heavy (non-hydrogen) atoms. The number of oxime groups is 1. The zero-order chi connectivity index (χ0) is 24.5. The molecule has 3 aromatic rings. The Morgan fingerprint density at radius 1 is 1.09 bits per heavy atom. The highest BCUT2D eigenvalue weighted by molar-refractivity contribution is 6.34. The average Bonchev–Trinajstić information content (AvgIpc) is 3.25. The number of benzene rings is 2. The molecule has 1 aliphatic rings. The molecule has 1 aliphatic heterocycles. The number of nitrogens with one attached hydrogen (secondary N) is 1. The third kappa shape index (κ3) is 4.71. The monoisotopic (exact) mass is 511 g/mol. The van der Waals surface area contributed by atoms with Crippen LogP contribution in [0, 0.1) is 5.82 Å². The van der Waals surface area contributed by atoms with Gasteiger partial charge in [-0.2, -0.15) is 13.2 Å². The third-order valence-electron chi connectivity index (χ3n) is 5.22. The van der Waals surface area contributed by atoms with E-state index in [1.54, 1.807) is 24.4 Å². The summed E-state index contributed by atoms with van der Waals surface area (Å²) >= 11 is 11.8. The largest absolute Gasteiger partial charge is 0.435 e. The molecule has 1 unspecified atom stereocenters. The summed E-state index contributed by atoms with van der Waals surface area (Å²) in [4.78, 5) is 21.3. The number of aromatic nitrogens is 1. The van der Waals surface area contributed by atoms with E-state index in [0.717, 1.165) is 18.2 Å². The predicted molar refractivity (Wildman–Crippen MR) is 118 cm³/mol. The molecule has 0 radical (unpaired) electrons. The summed E-state index contributed by atoms with van der Waals surface area (Å²) in [5.41, 5.74) is -2.97. The Labute approximate surface area is 201 Å². The summed E-state index contributed by atoms with van der Waals surface area (Å²) in [6, 6.07) is 12.0. The van der Waals surface area contributed by atoms with Crippen molar-refractivity contribution in [2.24, 2.45) is 5.16 Å². The molecule has 0 saturated carbocycles. The Kier molecular flexibility index (Phi) is 6.51. The highest BCUT2D eigenvalue weighted by atomic mass is 35.5. The number of nitrogens with zero attached hydrogens (tertiary/aromatic N) is 2. The second-order valence-corrected chi connectivity index (χ2v) is 8.36. The summed E-state index contributed by atoms with van der Waals surface area (Å²) < 4.78 is 57.0. The maximum atomic E-state index is 14.7. The van der Waals surface area contributed by atoms with Gasteiger partial charge < -0.3 is 10.2 Å². The summed E-state index contributed by atoms with van der Waals surface area (Å²) in [5.74, 6) is -1.62. The van der Waals surface area contributed by atoms with Gasteiger partial charge in [0.2, 0.25) is 0 Å². The number of hydrogen-bond donors (Lipinski definition) is 1. The minimum atomic E-state index is -4.88. The summed E-state index contributed by atoms with van der Waals surface area (Å²) in [7, 11) is 0. The normalized spacial score (nSPS) is 17.8. The molecule has 0 fully saturated rings. The van der Waals surface area contributed by atoms with Crippen molar-refractivity contribution in [1.82, 2.24) is 10.3 Å². The van der Waals surface area contributed by atoms with Gasteiger partial charge in [0.1, 0.15) is 5.82 Å². The molecule has 11 heteroatoms. The number of rotatable bonds is 5. The van der Waals surface area contributed by atoms with Crippen LogP contribution in [-0.2, 0) is 17.0 Å². The van der Waals surface area contributed by atoms with Gasteiger partial charge in [0.25, 0.3) is 11.5 Å².